The number of halogens is 2. The number of aromatic nitrogens is 2. The molecule has 0 atom stereocenters. The number of aryl methyl sites for hydroxylation is 1. The fourth-order valence-electron chi connectivity index (χ4n) is 5.17. The van der Waals surface area contributed by atoms with E-state index in [2.05, 4.69) is 5.10 Å². The average molecular weight is 429 g/mol. The second-order valence-corrected chi connectivity index (χ2v) is 8.84. The molecule has 0 saturated heterocycles. The molecule has 0 unspecified atom stereocenters. The predicted octanol–water partition coefficient (Wildman–Crippen LogP) is 5.49. The second-order valence-electron chi connectivity index (χ2n) is 8.84. The molecule has 6 heteroatoms. The van der Waals surface area contributed by atoms with E-state index in [0.29, 0.717) is 11.1 Å². The molecule has 2 aliphatic rings. The van der Waals surface area contributed by atoms with Gasteiger partial charge in [-0.15, -0.1) is 0 Å². The molecule has 1 amide bonds. The Balaban J connectivity index is 1.37. The first-order valence-electron chi connectivity index (χ1n) is 10.8. The van der Waals surface area contributed by atoms with Crippen LogP contribution < -0.4 is 4.90 Å². The Kier molecular flexibility index (Phi) is 4.03. The Morgan fingerprint density at radius 2 is 1.75 bits per heavy atom. The SMILES string of the molecule is Cn1cc2cc(-c3cc(F)c(CN4C(=O)C5(CCC5)c5ccccc54)c(F)c3)ccc2n1. The van der Waals surface area contributed by atoms with E-state index in [0.717, 1.165) is 41.4 Å². The molecule has 0 bridgehead atoms. The van der Waals surface area contributed by atoms with E-state index < -0.39 is 17.0 Å². The van der Waals surface area contributed by atoms with Gasteiger partial charge in [-0.2, -0.15) is 5.10 Å². The highest BCUT2D eigenvalue weighted by Gasteiger charge is 2.54. The smallest absolute Gasteiger partial charge is 0.238 e. The van der Waals surface area contributed by atoms with Gasteiger partial charge in [0.15, 0.2) is 0 Å². The van der Waals surface area contributed by atoms with Gasteiger partial charge in [0.1, 0.15) is 11.6 Å². The zero-order valence-corrected chi connectivity index (χ0v) is 17.6. The maximum Gasteiger partial charge on any atom is 0.238 e. The number of anilines is 1. The molecule has 1 fully saturated rings. The van der Waals surface area contributed by atoms with Crippen molar-refractivity contribution in [3.63, 3.8) is 0 Å². The standard InChI is InChI=1S/C26H21F2N3O/c1-30-14-18-11-16(7-8-23(18)29-30)17-12-21(27)19(22(28)13-17)15-31-24-6-3-2-5-20(24)26(25(31)32)9-4-10-26/h2-3,5-8,11-14H,4,9-10,15H2,1H3. The van der Waals surface area contributed by atoms with Crippen LogP contribution in [0.1, 0.15) is 30.4 Å². The lowest BCUT2D eigenvalue weighted by Gasteiger charge is -2.37. The molecule has 160 valence electrons. The normalized spacial score (nSPS) is 16.6. The molecule has 32 heavy (non-hydrogen) atoms. The summed E-state index contributed by atoms with van der Waals surface area (Å²) in [5.74, 6) is -1.34. The van der Waals surface area contributed by atoms with E-state index in [4.69, 9.17) is 0 Å². The van der Waals surface area contributed by atoms with Crippen molar-refractivity contribution >= 4 is 22.5 Å². The molecule has 1 aliphatic carbocycles. The summed E-state index contributed by atoms with van der Waals surface area (Å²) >= 11 is 0. The quantitative estimate of drug-likeness (QED) is 0.432. The highest BCUT2D eigenvalue weighted by Crippen LogP contribution is 2.53. The summed E-state index contributed by atoms with van der Waals surface area (Å²) in [6.45, 7) is -0.114. The average Bonchev–Trinajstić information content (AvgIpc) is 3.23. The number of nitrogens with zero attached hydrogens (tertiary/aromatic N) is 3. The van der Waals surface area contributed by atoms with Crippen molar-refractivity contribution in [1.82, 2.24) is 9.78 Å². The van der Waals surface area contributed by atoms with E-state index in [-0.39, 0.29) is 18.0 Å². The molecule has 1 aromatic heterocycles. The summed E-state index contributed by atoms with van der Waals surface area (Å²) in [6, 6.07) is 15.8. The number of carbonyl (C=O) groups excluding carboxylic acids is 1. The number of rotatable bonds is 3. The molecule has 2 heterocycles. The molecule has 4 nitrogen and oxygen atoms in total. The lowest BCUT2D eigenvalue weighted by molar-refractivity contribution is -0.126. The molecule has 0 N–H and O–H groups in total. The first-order chi connectivity index (χ1) is 15.5. The van der Waals surface area contributed by atoms with Gasteiger partial charge in [0.2, 0.25) is 5.91 Å². The molecule has 3 aromatic carbocycles. The Bertz CT molecular complexity index is 1380. The minimum absolute atomic E-state index is 0.0464. The Hall–Kier alpha value is -3.54. The molecule has 1 spiro atoms. The summed E-state index contributed by atoms with van der Waals surface area (Å²) in [5.41, 5.74) is 3.15. The maximum absolute atomic E-state index is 15.2. The van der Waals surface area contributed by atoms with Crippen molar-refractivity contribution in [3.8, 4) is 11.1 Å². The van der Waals surface area contributed by atoms with Crippen molar-refractivity contribution in [1.29, 1.82) is 0 Å². The van der Waals surface area contributed by atoms with Gasteiger partial charge >= 0.3 is 0 Å². The van der Waals surface area contributed by atoms with Crippen LogP contribution in [0.15, 0.2) is 60.8 Å². The molecular formula is C26H21F2N3O. The lowest BCUT2D eigenvalue weighted by atomic mass is 9.65. The van der Waals surface area contributed by atoms with Gasteiger partial charge in [-0.05, 0) is 59.9 Å². The van der Waals surface area contributed by atoms with Crippen LogP contribution in [0.2, 0.25) is 0 Å². The number of benzene rings is 3. The van der Waals surface area contributed by atoms with Gasteiger partial charge in [-0.3, -0.25) is 9.48 Å². The van der Waals surface area contributed by atoms with Gasteiger partial charge in [-0.1, -0.05) is 30.7 Å². The van der Waals surface area contributed by atoms with Crippen LogP contribution in [0.3, 0.4) is 0 Å². The third-order valence-electron chi connectivity index (χ3n) is 6.98. The minimum atomic E-state index is -0.647. The van der Waals surface area contributed by atoms with Gasteiger partial charge in [-0.25, -0.2) is 8.78 Å². The van der Waals surface area contributed by atoms with E-state index in [1.165, 1.54) is 12.1 Å². The van der Waals surface area contributed by atoms with Gasteiger partial charge < -0.3 is 4.90 Å². The first-order valence-corrected chi connectivity index (χ1v) is 10.8. The molecule has 6 rings (SSSR count). The van der Waals surface area contributed by atoms with Gasteiger partial charge in [0, 0.05) is 29.9 Å². The van der Waals surface area contributed by atoms with Crippen LogP contribution in [0, 0.1) is 11.6 Å². The Morgan fingerprint density at radius 3 is 2.47 bits per heavy atom. The molecule has 1 aliphatic heterocycles. The summed E-state index contributed by atoms with van der Waals surface area (Å²) in [4.78, 5) is 14.8. The molecule has 4 aromatic rings. The van der Waals surface area contributed by atoms with Crippen LogP contribution in [0.4, 0.5) is 14.5 Å². The topological polar surface area (TPSA) is 38.1 Å². The zero-order chi connectivity index (χ0) is 22.0. The lowest BCUT2D eigenvalue weighted by Crippen LogP contribution is -2.45. The van der Waals surface area contributed by atoms with Gasteiger partial charge in [0.25, 0.3) is 0 Å². The Labute approximate surface area is 184 Å². The highest BCUT2D eigenvalue weighted by molar-refractivity contribution is 6.08. The number of hydrogen-bond acceptors (Lipinski definition) is 2. The van der Waals surface area contributed by atoms with Crippen LogP contribution in [-0.4, -0.2) is 15.7 Å². The van der Waals surface area contributed by atoms with Gasteiger partial charge in [0.05, 0.1) is 17.5 Å². The number of amides is 1. The molecule has 1 saturated carbocycles. The largest absolute Gasteiger partial charge is 0.307 e. The predicted molar refractivity (Wildman–Crippen MR) is 119 cm³/mol. The fourth-order valence-corrected chi connectivity index (χ4v) is 5.17. The summed E-state index contributed by atoms with van der Waals surface area (Å²) in [6.07, 6.45) is 4.44. The minimum Gasteiger partial charge on any atom is -0.307 e. The summed E-state index contributed by atoms with van der Waals surface area (Å²) in [7, 11) is 1.83. The number of carbonyl (C=O) groups is 1. The summed E-state index contributed by atoms with van der Waals surface area (Å²) < 4.78 is 32.0. The monoisotopic (exact) mass is 429 g/mol. The highest BCUT2D eigenvalue weighted by atomic mass is 19.1. The van der Waals surface area contributed by atoms with E-state index in [1.54, 1.807) is 9.58 Å². The van der Waals surface area contributed by atoms with E-state index in [1.807, 2.05) is 55.7 Å². The number of para-hydroxylation sites is 1. The van der Waals surface area contributed by atoms with E-state index in [9.17, 15) is 4.79 Å². The van der Waals surface area contributed by atoms with Crippen LogP contribution in [0.25, 0.3) is 22.0 Å². The second kappa shape index (κ2) is 6.73. The summed E-state index contributed by atoms with van der Waals surface area (Å²) in [5, 5.41) is 5.24. The third-order valence-corrected chi connectivity index (χ3v) is 6.98. The van der Waals surface area contributed by atoms with Crippen LogP contribution in [-0.2, 0) is 23.8 Å². The number of fused-ring (bicyclic) bond motifs is 3. The van der Waals surface area contributed by atoms with Crippen molar-refractivity contribution < 1.29 is 13.6 Å². The van der Waals surface area contributed by atoms with E-state index >= 15 is 8.78 Å². The van der Waals surface area contributed by atoms with Crippen molar-refractivity contribution in [2.75, 3.05) is 4.90 Å². The van der Waals surface area contributed by atoms with Crippen molar-refractivity contribution in [2.45, 2.75) is 31.2 Å². The molecule has 0 radical (unpaired) electrons. The van der Waals surface area contributed by atoms with Crippen LogP contribution >= 0.6 is 0 Å². The first kappa shape index (κ1) is 19.2. The fraction of sp³-hybridized carbons (Fsp3) is 0.231. The third kappa shape index (κ3) is 2.65. The van der Waals surface area contributed by atoms with Crippen molar-refractivity contribution in [2.24, 2.45) is 7.05 Å². The molecular weight excluding hydrogens is 408 g/mol. The zero-order valence-electron chi connectivity index (χ0n) is 17.6. The number of hydrogen-bond donors (Lipinski definition) is 0. The maximum atomic E-state index is 15.2. The van der Waals surface area contributed by atoms with Crippen LogP contribution in [0.5, 0.6) is 0 Å². The Morgan fingerprint density at radius 1 is 1.00 bits per heavy atom. The van der Waals surface area contributed by atoms with Crippen molar-refractivity contribution in [3.05, 3.63) is 83.6 Å².